The first-order valence-corrected chi connectivity index (χ1v) is 7.56. The predicted molar refractivity (Wildman–Crippen MR) is 80.3 cm³/mol. The molecule has 4 nitrogen and oxygen atoms in total. The highest BCUT2D eigenvalue weighted by molar-refractivity contribution is 5.45. The Hall–Kier alpha value is -1.55. The van der Waals surface area contributed by atoms with Crippen molar-refractivity contribution in [3.05, 3.63) is 30.2 Å². The summed E-state index contributed by atoms with van der Waals surface area (Å²) in [6.07, 6.45) is 9.21. The van der Waals surface area contributed by atoms with Crippen LogP contribution >= 0.6 is 0 Å². The number of likely N-dealkylation sites (tertiary alicyclic amines) is 1. The van der Waals surface area contributed by atoms with Crippen molar-refractivity contribution in [2.24, 2.45) is 0 Å². The summed E-state index contributed by atoms with van der Waals surface area (Å²) in [7, 11) is 1.69. The van der Waals surface area contributed by atoms with Crippen LogP contribution in [0.1, 0.15) is 31.9 Å². The lowest BCUT2D eigenvalue weighted by molar-refractivity contribution is 0.155. The van der Waals surface area contributed by atoms with E-state index in [4.69, 9.17) is 9.72 Å². The SMILES string of the molecule is CCN1CCCCC1Cc1cn2ccc(OC)cc2n1. The molecule has 0 N–H and O–H groups in total. The van der Waals surface area contributed by atoms with Crippen molar-refractivity contribution in [2.75, 3.05) is 20.2 Å². The molecule has 1 aliphatic heterocycles. The van der Waals surface area contributed by atoms with Gasteiger partial charge in [-0.05, 0) is 32.0 Å². The second-order valence-corrected chi connectivity index (χ2v) is 5.55. The summed E-state index contributed by atoms with van der Waals surface area (Å²) in [5, 5.41) is 0. The van der Waals surface area contributed by atoms with Gasteiger partial charge in [0.2, 0.25) is 0 Å². The van der Waals surface area contributed by atoms with E-state index in [1.54, 1.807) is 7.11 Å². The first-order chi connectivity index (χ1) is 9.80. The molecule has 3 heterocycles. The number of aromatic nitrogens is 2. The summed E-state index contributed by atoms with van der Waals surface area (Å²) < 4.78 is 7.33. The fourth-order valence-corrected chi connectivity index (χ4v) is 3.19. The van der Waals surface area contributed by atoms with Crippen molar-refractivity contribution in [3.8, 4) is 5.75 Å². The van der Waals surface area contributed by atoms with Crippen LogP contribution in [0.4, 0.5) is 0 Å². The van der Waals surface area contributed by atoms with Gasteiger partial charge in [0.25, 0.3) is 0 Å². The number of methoxy groups -OCH3 is 1. The van der Waals surface area contributed by atoms with E-state index in [-0.39, 0.29) is 0 Å². The lowest BCUT2D eigenvalue weighted by Crippen LogP contribution is -2.40. The molecule has 1 saturated heterocycles. The molecule has 1 aliphatic rings. The van der Waals surface area contributed by atoms with E-state index in [9.17, 15) is 0 Å². The van der Waals surface area contributed by atoms with Crippen LogP contribution in [0, 0.1) is 0 Å². The molecule has 3 rings (SSSR count). The van der Waals surface area contributed by atoms with Gasteiger partial charge in [-0.25, -0.2) is 4.98 Å². The number of hydrogen-bond acceptors (Lipinski definition) is 3. The maximum absolute atomic E-state index is 5.25. The molecule has 0 spiro atoms. The number of fused-ring (bicyclic) bond motifs is 1. The van der Waals surface area contributed by atoms with Crippen LogP contribution in [0.2, 0.25) is 0 Å². The van der Waals surface area contributed by atoms with Crippen molar-refractivity contribution in [3.63, 3.8) is 0 Å². The topological polar surface area (TPSA) is 29.8 Å². The zero-order valence-corrected chi connectivity index (χ0v) is 12.4. The van der Waals surface area contributed by atoms with Crippen molar-refractivity contribution < 1.29 is 4.74 Å². The Balaban J connectivity index is 1.79. The Morgan fingerprint density at radius 1 is 1.40 bits per heavy atom. The van der Waals surface area contributed by atoms with Gasteiger partial charge in [0.15, 0.2) is 0 Å². The summed E-state index contributed by atoms with van der Waals surface area (Å²) in [6.45, 7) is 4.64. The van der Waals surface area contributed by atoms with Gasteiger partial charge in [0.1, 0.15) is 11.4 Å². The minimum absolute atomic E-state index is 0.653. The van der Waals surface area contributed by atoms with Gasteiger partial charge >= 0.3 is 0 Å². The summed E-state index contributed by atoms with van der Waals surface area (Å²) >= 11 is 0. The second kappa shape index (κ2) is 5.83. The average Bonchev–Trinajstić information content (AvgIpc) is 2.89. The van der Waals surface area contributed by atoms with Crippen molar-refractivity contribution in [2.45, 2.75) is 38.6 Å². The van der Waals surface area contributed by atoms with Crippen LogP contribution in [0.3, 0.4) is 0 Å². The molecule has 20 heavy (non-hydrogen) atoms. The van der Waals surface area contributed by atoms with E-state index in [0.29, 0.717) is 6.04 Å². The predicted octanol–water partition coefficient (Wildman–Crippen LogP) is 2.76. The van der Waals surface area contributed by atoms with Crippen LogP contribution < -0.4 is 4.74 Å². The molecule has 1 fully saturated rings. The van der Waals surface area contributed by atoms with Crippen LogP contribution in [-0.4, -0.2) is 40.5 Å². The summed E-state index contributed by atoms with van der Waals surface area (Å²) in [4.78, 5) is 7.33. The molecule has 0 bridgehead atoms. The van der Waals surface area contributed by atoms with Gasteiger partial charge in [0.05, 0.1) is 12.8 Å². The number of ether oxygens (including phenoxy) is 1. The molecule has 108 valence electrons. The highest BCUT2D eigenvalue weighted by Crippen LogP contribution is 2.21. The van der Waals surface area contributed by atoms with E-state index < -0.39 is 0 Å². The quantitative estimate of drug-likeness (QED) is 0.858. The minimum atomic E-state index is 0.653. The van der Waals surface area contributed by atoms with Crippen LogP contribution in [0.25, 0.3) is 5.65 Å². The Morgan fingerprint density at radius 2 is 2.30 bits per heavy atom. The van der Waals surface area contributed by atoms with Gasteiger partial charge in [-0.1, -0.05) is 13.3 Å². The first-order valence-electron chi connectivity index (χ1n) is 7.56. The lowest BCUT2D eigenvalue weighted by Gasteiger charge is -2.34. The Bertz CT molecular complexity index is 578. The van der Waals surface area contributed by atoms with Gasteiger partial charge in [-0.3, -0.25) is 0 Å². The number of imidazole rings is 1. The fraction of sp³-hybridized carbons (Fsp3) is 0.562. The standard InChI is InChI=1S/C16H23N3O/c1-3-18-8-5-4-6-14(18)10-13-12-19-9-7-15(20-2)11-16(19)17-13/h7,9,11-12,14H,3-6,8,10H2,1-2H3. The zero-order chi connectivity index (χ0) is 13.9. The number of likely N-dealkylation sites (N-methyl/N-ethyl adjacent to an activating group) is 1. The molecule has 0 aliphatic carbocycles. The van der Waals surface area contributed by atoms with Gasteiger partial charge in [-0.15, -0.1) is 0 Å². The van der Waals surface area contributed by atoms with Crippen molar-refractivity contribution in [1.82, 2.24) is 14.3 Å². The number of hydrogen-bond donors (Lipinski definition) is 0. The normalized spacial score (nSPS) is 20.4. The highest BCUT2D eigenvalue weighted by atomic mass is 16.5. The third-order valence-electron chi connectivity index (χ3n) is 4.32. The molecule has 2 aromatic rings. The van der Waals surface area contributed by atoms with Crippen LogP contribution in [-0.2, 0) is 6.42 Å². The Labute approximate surface area is 120 Å². The van der Waals surface area contributed by atoms with E-state index in [1.165, 1.54) is 31.5 Å². The molecule has 2 aromatic heterocycles. The minimum Gasteiger partial charge on any atom is -0.497 e. The molecule has 1 unspecified atom stereocenters. The van der Waals surface area contributed by atoms with Gasteiger partial charge in [0, 0.05) is 30.9 Å². The summed E-state index contributed by atoms with van der Waals surface area (Å²) in [5.74, 6) is 0.863. The number of rotatable bonds is 4. The molecule has 4 heteroatoms. The smallest absolute Gasteiger partial charge is 0.140 e. The third-order valence-corrected chi connectivity index (χ3v) is 4.32. The van der Waals surface area contributed by atoms with Crippen molar-refractivity contribution in [1.29, 1.82) is 0 Å². The number of pyridine rings is 1. The molecule has 0 aromatic carbocycles. The van der Waals surface area contributed by atoms with E-state index >= 15 is 0 Å². The van der Waals surface area contributed by atoms with Crippen LogP contribution in [0.5, 0.6) is 5.75 Å². The third kappa shape index (κ3) is 2.66. The second-order valence-electron chi connectivity index (χ2n) is 5.55. The first kappa shape index (κ1) is 13.4. The Kier molecular flexibility index (Phi) is 3.92. The number of nitrogens with zero attached hydrogens (tertiary/aromatic N) is 3. The van der Waals surface area contributed by atoms with Crippen LogP contribution in [0.15, 0.2) is 24.5 Å². The molecule has 0 radical (unpaired) electrons. The number of piperidine rings is 1. The van der Waals surface area contributed by atoms with E-state index in [0.717, 1.165) is 24.4 Å². The highest BCUT2D eigenvalue weighted by Gasteiger charge is 2.22. The van der Waals surface area contributed by atoms with E-state index in [1.807, 2.05) is 18.3 Å². The van der Waals surface area contributed by atoms with Crippen molar-refractivity contribution >= 4 is 5.65 Å². The monoisotopic (exact) mass is 273 g/mol. The molecular weight excluding hydrogens is 250 g/mol. The van der Waals surface area contributed by atoms with Gasteiger partial charge in [-0.2, -0.15) is 0 Å². The van der Waals surface area contributed by atoms with Gasteiger partial charge < -0.3 is 14.0 Å². The zero-order valence-electron chi connectivity index (χ0n) is 12.4. The fourth-order valence-electron chi connectivity index (χ4n) is 3.19. The molecule has 0 amide bonds. The summed E-state index contributed by atoms with van der Waals surface area (Å²) in [6, 6.07) is 4.61. The molecule has 0 saturated carbocycles. The largest absolute Gasteiger partial charge is 0.497 e. The molecule has 1 atom stereocenters. The van der Waals surface area contributed by atoms with E-state index in [2.05, 4.69) is 22.4 Å². The maximum atomic E-state index is 5.25. The molecular formula is C16H23N3O. The average molecular weight is 273 g/mol. The maximum Gasteiger partial charge on any atom is 0.140 e. The Morgan fingerprint density at radius 3 is 3.10 bits per heavy atom. The summed E-state index contributed by atoms with van der Waals surface area (Å²) in [5.41, 5.74) is 2.15. The lowest BCUT2D eigenvalue weighted by atomic mass is 9.98.